The standard InChI is InChI=1S/C19H18BrN3O3/c1-12-4-6-16(15(20)8-12)22-11-13(10-21)19(24)23-14-5-7-17(25-2)18(9-14)26-3/h4-9,11,22H,1-3H3,(H,23,24)/b13-11-. The Balaban J connectivity index is 2.14. The molecule has 0 saturated carbocycles. The second-order valence-electron chi connectivity index (χ2n) is 5.32. The van der Waals surface area contributed by atoms with Crippen molar-refractivity contribution in [3.05, 3.63) is 58.2 Å². The molecule has 0 aliphatic rings. The van der Waals surface area contributed by atoms with Gasteiger partial charge in [-0.05, 0) is 52.7 Å². The Hall–Kier alpha value is -2.98. The van der Waals surface area contributed by atoms with Crippen molar-refractivity contribution in [2.75, 3.05) is 24.9 Å². The summed E-state index contributed by atoms with van der Waals surface area (Å²) < 4.78 is 11.2. The van der Waals surface area contributed by atoms with E-state index in [1.807, 2.05) is 31.2 Å². The van der Waals surface area contributed by atoms with E-state index in [0.29, 0.717) is 17.2 Å². The van der Waals surface area contributed by atoms with Gasteiger partial charge < -0.3 is 20.1 Å². The number of nitrogens with one attached hydrogen (secondary N) is 2. The molecule has 0 unspecified atom stereocenters. The van der Waals surface area contributed by atoms with Crippen molar-refractivity contribution in [3.63, 3.8) is 0 Å². The molecule has 0 atom stereocenters. The Bertz CT molecular complexity index is 888. The van der Waals surface area contributed by atoms with Crippen LogP contribution < -0.4 is 20.1 Å². The maximum atomic E-state index is 12.3. The third-order valence-corrected chi connectivity index (χ3v) is 4.16. The summed E-state index contributed by atoms with van der Waals surface area (Å²) in [6.45, 7) is 1.97. The number of methoxy groups -OCH3 is 2. The number of anilines is 2. The lowest BCUT2D eigenvalue weighted by atomic mass is 10.2. The third kappa shape index (κ3) is 4.77. The summed E-state index contributed by atoms with van der Waals surface area (Å²) in [5.41, 5.74) is 2.28. The monoisotopic (exact) mass is 415 g/mol. The van der Waals surface area contributed by atoms with E-state index in [2.05, 4.69) is 26.6 Å². The number of hydrogen-bond donors (Lipinski definition) is 2. The summed E-state index contributed by atoms with van der Waals surface area (Å²) in [5, 5.41) is 14.9. The molecule has 26 heavy (non-hydrogen) atoms. The van der Waals surface area contributed by atoms with Gasteiger partial charge in [-0.15, -0.1) is 0 Å². The molecule has 1 amide bonds. The summed E-state index contributed by atoms with van der Waals surface area (Å²) >= 11 is 3.44. The van der Waals surface area contributed by atoms with Gasteiger partial charge in [0.2, 0.25) is 0 Å². The summed E-state index contributed by atoms with van der Waals surface area (Å²) in [5.74, 6) is 0.498. The van der Waals surface area contributed by atoms with Crippen molar-refractivity contribution in [1.29, 1.82) is 5.26 Å². The van der Waals surface area contributed by atoms with Gasteiger partial charge in [0.1, 0.15) is 11.6 Å². The molecule has 0 saturated heterocycles. The van der Waals surface area contributed by atoms with Gasteiger partial charge in [-0.3, -0.25) is 4.79 Å². The molecular weight excluding hydrogens is 398 g/mol. The van der Waals surface area contributed by atoms with Crippen LogP contribution in [0.1, 0.15) is 5.56 Å². The Morgan fingerprint density at radius 3 is 2.50 bits per heavy atom. The number of carbonyl (C=O) groups excluding carboxylic acids is 1. The fourth-order valence-electron chi connectivity index (χ4n) is 2.15. The summed E-state index contributed by atoms with van der Waals surface area (Å²) in [4.78, 5) is 12.3. The predicted octanol–water partition coefficient (Wildman–Crippen LogP) is 4.23. The highest BCUT2D eigenvalue weighted by Gasteiger charge is 2.12. The number of ether oxygens (including phenoxy) is 2. The zero-order chi connectivity index (χ0) is 19.1. The quantitative estimate of drug-likeness (QED) is 0.544. The molecule has 134 valence electrons. The minimum Gasteiger partial charge on any atom is -0.493 e. The fourth-order valence-corrected chi connectivity index (χ4v) is 2.76. The van der Waals surface area contributed by atoms with Gasteiger partial charge >= 0.3 is 0 Å². The number of amides is 1. The van der Waals surface area contributed by atoms with Crippen LogP contribution >= 0.6 is 15.9 Å². The van der Waals surface area contributed by atoms with Crippen LogP contribution in [0.25, 0.3) is 0 Å². The number of rotatable bonds is 6. The highest BCUT2D eigenvalue weighted by Crippen LogP contribution is 2.30. The number of halogens is 1. The fraction of sp³-hybridized carbons (Fsp3) is 0.158. The molecule has 0 aliphatic carbocycles. The molecule has 2 aromatic rings. The Morgan fingerprint density at radius 1 is 1.15 bits per heavy atom. The first kappa shape index (κ1) is 19.3. The van der Waals surface area contributed by atoms with Crippen LogP contribution in [0.3, 0.4) is 0 Å². The van der Waals surface area contributed by atoms with Crippen LogP contribution in [0.5, 0.6) is 11.5 Å². The molecule has 0 bridgehead atoms. The number of nitriles is 1. The molecule has 0 fully saturated rings. The highest BCUT2D eigenvalue weighted by molar-refractivity contribution is 9.10. The van der Waals surface area contributed by atoms with Gasteiger partial charge in [0.25, 0.3) is 5.91 Å². The van der Waals surface area contributed by atoms with E-state index in [-0.39, 0.29) is 5.57 Å². The van der Waals surface area contributed by atoms with E-state index in [0.717, 1.165) is 15.7 Å². The van der Waals surface area contributed by atoms with Crippen molar-refractivity contribution >= 4 is 33.2 Å². The molecule has 0 aromatic heterocycles. The molecular formula is C19H18BrN3O3. The molecule has 7 heteroatoms. The predicted molar refractivity (Wildman–Crippen MR) is 104 cm³/mol. The maximum Gasteiger partial charge on any atom is 0.267 e. The largest absolute Gasteiger partial charge is 0.493 e. The van der Waals surface area contributed by atoms with Crippen LogP contribution in [0.2, 0.25) is 0 Å². The van der Waals surface area contributed by atoms with E-state index in [1.165, 1.54) is 20.4 Å². The SMILES string of the molecule is COc1ccc(NC(=O)/C(C#N)=C\Nc2ccc(C)cc2Br)cc1OC. The van der Waals surface area contributed by atoms with Gasteiger partial charge in [-0.1, -0.05) is 6.07 Å². The number of hydrogen-bond acceptors (Lipinski definition) is 5. The average molecular weight is 416 g/mol. The Labute approximate surface area is 160 Å². The topological polar surface area (TPSA) is 83.4 Å². The van der Waals surface area contributed by atoms with Crippen molar-refractivity contribution < 1.29 is 14.3 Å². The van der Waals surface area contributed by atoms with Gasteiger partial charge in [-0.2, -0.15) is 5.26 Å². The van der Waals surface area contributed by atoms with Crippen molar-refractivity contribution in [3.8, 4) is 17.6 Å². The van der Waals surface area contributed by atoms with Crippen LogP contribution in [0.4, 0.5) is 11.4 Å². The smallest absolute Gasteiger partial charge is 0.267 e. The van der Waals surface area contributed by atoms with Gasteiger partial charge in [0.05, 0.1) is 19.9 Å². The molecule has 2 rings (SSSR count). The van der Waals surface area contributed by atoms with Gasteiger partial charge in [0.15, 0.2) is 11.5 Å². The first-order valence-electron chi connectivity index (χ1n) is 7.64. The molecule has 6 nitrogen and oxygen atoms in total. The van der Waals surface area contributed by atoms with Crippen LogP contribution in [0.15, 0.2) is 52.6 Å². The molecule has 2 aromatic carbocycles. The Morgan fingerprint density at radius 2 is 1.88 bits per heavy atom. The van der Waals surface area contributed by atoms with E-state index < -0.39 is 5.91 Å². The lowest BCUT2D eigenvalue weighted by Gasteiger charge is -2.10. The number of carbonyl (C=O) groups is 1. The average Bonchev–Trinajstić information content (AvgIpc) is 2.63. The van der Waals surface area contributed by atoms with Crippen molar-refractivity contribution in [2.24, 2.45) is 0 Å². The molecule has 2 N–H and O–H groups in total. The molecule has 0 heterocycles. The Kier molecular flexibility index (Phi) is 6.64. The molecule has 0 radical (unpaired) electrons. The molecule has 0 aliphatic heterocycles. The summed E-state index contributed by atoms with van der Waals surface area (Å²) in [6, 6.07) is 12.6. The van der Waals surface area contributed by atoms with Gasteiger partial charge in [0, 0.05) is 22.4 Å². The van der Waals surface area contributed by atoms with Crippen molar-refractivity contribution in [2.45, 2.75) is 6.92 Å². The number of aryl methyl sites for hydroxylation is 1. The number of nitrogens with zero attached hydrogens (tertiary/aromatic N) is 1. The second-order valence-corrected chi connectivity index (χ2v) is 6.18. The zero-order valence-corrected chi connectivity index (χ0v) is 16.2. The lowest BCUT2D eigenvalue weighted by molar-refractivity contribution is -0.112. The highest BCUT2D eigenvalue weighted by atomic mass is 79.9. The van der Waals surface area contributed by atoms with Crippen LogP contribution in [0, 0.1) is 18.3 Å². The minimum atomic E-state index is -0.532. The van der Waals surface area contributed by atoms with E-state index in [4.69, 9.17) is 9.47 Å². The van der Waals surface area contributed by atoms with E-state index in [9.17, 15) is 10.1 Å². The van der Waals surface area contributed by atoms with Crippen molar-refractivity contribution in [1.82, 2.24) is 0 Å². The first-order chi connectivity index (χ1) is 12.5. The molecule has 0 spiro atoms. The minimum absolute atomic E-state index is 0.0627. The lowest BCUT2D eigenvalue weighted by Crippen LogP contribution is -2.14. The normalized spacial score (nSPS) is 10.7. The second kappa shape index (κ2) is 8.92. The number of benzene rings is 2. The van der Waals surface area contributed by atoms with E-state index in [1.54, 1.807) is 18.2 Å². The summed E-state index contributed by atoms with van der Waals surface area (Å²) in [7, 11) is 3.04. The van der Waals surface area contributed by atoms with Crippen LogP contribution in [-0.2, 0) is 4.79 Å². The third-order valence-electron chi connectivity index (χ3n) is 3.50. The maximum absolute atomic E-state index is 12.3. The van der Waals surface area contributed by atoms with E-state index >= 15 is 0 Å². The first-order valence-corrected chi connectivity index (χ1v) is 8.44. The summed E-state index contributed by atoms with van der Waals surface area (Å²) in [6.07, 6.45) is 1.37. The van der Waals surface area contributed by atoms with Gasteiger partial charge in [-0.25, -0.2) is 0 Å². The zero-order valence-electron chi connectivity index (χ0n) is 14.6. The van der Waals surface area contributed by atoms with Crippen LogP contribution in [-0.4, -0.2) is 20.1 Å².